The van der Waals surface area contributed by atoms with Gasteiger partial charge in [0.1, 0.15) is 11.6 Å². The van der Waals surface area contributed by atoms with Gasteiger partial charge in [-0.2, -0.15) is 0 Å². The van der Waals surface area contributed by atoms with E-state index in [1.807, 2.05) is 30.3 Å². The first-order chi connectivity index (χ1) is 14.5. The van der Waals surface area contributed by atoms with Crippen LogP contribution in [-0.4, -0.2) is 54.2 Å². The van der Waals surface area contributed by atoms with Crippen molar-refractivity contribution in [3.05, 3.63) is 35.9 Å². The highest BCUT2D eigenvalue weighted by molar-refractivity contribution is 5.84. The summed E-state index contributed by atoms with van der Waals surface area (Å²) in [5, 5.41) is 3.66. The average molecular weight is 436 g/mol. The first-order valence-electron chi connectivity index (χ1n) is 9.97. The molecule has 3 amide bonds. The van der Waals surface area contributed by atoms with Gasteiger partial charge in [0.25, 0.3) is 0 Å². The number of hydrogen-bond donors (Lipinski definition) is 3. The lowest BCUT2D eigenvalue weighted by Crippen LogP contribution is -2.54. The Morgan fingerprint density at radius 3 is 2.39 bits per heavy atom. The molecule has 0 aliphatic rings. The first-order valence-corrected chi connectivity index (χ1v) is 9.97. The normalized spacial score (nSPS) is 12.5. The zero-order valence-corrected chi connectivity index (χ0v) is 18.8. The predicted molar refractivity (Wildman–Crippen MR) is 117 cm³/mol. The third-order valence-electron chi connectivity index (χ3n) is 3.85. The smallest absolute Gasteiger partial charge is 0.426 e. The van der Waals surface area contributed by atoms with Crippen molar-refractivity contribution < 1.29 is 23.9 Å². The van der Waals surface area contributed by atoms with Gasteiger partial charge in [0, 0.05) is 6.54 Å². The van der Waals surface area contributed by atoms with Crippen LogP contribution in [0.2, 0.25) is 0 Å². The monoisotopic (exact) mass is 435 g/mol. The van der Waals surface area contributed by atoms with E-state index in [0.29, 0.717) is 25.2 Å². The second kappa shape index (κ2) is 12.4. The molecule has 4 N–H and O–H groups in total. The molecule has 0 heterocycles. The number of hydrogen-bond acceptors (Lipinski definition) is 6. The average Bonchev–Trinajstić information content (AvgIpc) is 2.68. The van der Waals surface area contributed by atoms with Gasteiger partial charge < -0.3 is 20.5 Å². The highest BCUT2D eigenvalue weighted by atomic mass is 16.6. The van der Waals surface area contributed by atoms with Crippen molar-refractivity contribution in [2.24, 2.45) is 10.7 Å². The van der Waals surface area contributed by atoms with Gasteiger partial charge in [0.05, 0.1) is 19.5 Å². The molecule has 31 heavy (non-hydrogen) atoms. The lowest BCUT2D eigenvalue weighted by atomic mass is 10.1. The number of nitrogens with one attached hydrogen (secondary N) is 2. The van der Waals surface area contributed by atoms with E-state index in [1.165, 1.54) is 7.11 Å². The summed E-state index contributed by atoms with van der Waals surface area (Å²) in [6, 6.07) is 7.50. The zero-order chi connectivity index (χ0) is 23.4. The van der Waals surface area contributed by atoms with Crippen LogP contribution < -0.4 is 16.5 Å². The van der Waals surface area contributed by atoms with E-state index in [4.69, 9.17) is 15.2 Å². The van der Waals surface area contributed by atoms with Gasteiger partial charge in [0.15, 0.2) is 0 Å². The fourth-order valence-corrected chi connectivity index (χ4v) is 2.51. The van der Waals surface area contributed by atoms with Crippen LogP contribution in [-0.2, 0) is 20.8 Å². The van der Waals surface area contributed by atoms with Crippen LogP contribution >= 0.6 is 0 Å². The predicted octanol–water partition coefficient (Wildman–Crippen LogP) is 2.34. The first kappa shape index (κ1) is 25.7. The van der Waals surface area contributed by atoms with Crippen LogP contribution in [0.15, 0.2) is 35.3 Å². The molecule has 0 aromatic heterocycles. The van der Waals surface area contributed by atoms with Crippen molar-refractivity contribution in [1.82, 2.24) is 15.8 Å². The minimum absolute atomic E-state index is 0.0659. The molecule has 0 radical (unpaired) electrons. The van der Waals surface area contributed by atoms with Crippen LogP contribution in [0.25, 0.3) is 0 Å². The van der Waals surface area contributed by atoms with Crippen LogP contribution in [0.3, 0.4) is 0 Å². The molecule has 0 saturated heterocycles. The van der Waals surface area contributed by atoms with E-state index in [1.54, 1.807) is 27.7 Å². The summed E-state index contributed by atoms with van der Waals surface area (Å²) in [6.45, 7) is 7.29. The SMILES string of the molecule is COC(=O)[C@@H](CCCN=C(C)N)NC(=O)N(Cc1ccccc1)NC(=O)OC(C)(C)C. The minimum Gasteiger partial charge on any atom is -0.467 e. The highest BCUT2D eigenvalue weighted by Gasteiger charge is 2.26. The number of carbonyl (C=O) groups is 3. The molecular formula is C21H33N5O5. The van der Waals surface area contributed by atoms with Gasteiger partial charge in [-0.15, -0.1) is 0 Å². The van der Waals surface area contributed by atoms with E-state index in [-0.39, 0.29) is 6.54 Å². The summed E-state index contributed by atoms with van der Waals surface area (Å²) in [6.07, 6.45) is 0.00840. The minimum atomic E-state index is -0.913. The molecule has 10 heteroatoms. The van der Waals surface area contributed by atoms with E-state index >= 15 is 0 Å². The van der Waals surface area contributed by atoms with Crippen LogP contribution in [0, 0.1) is 0 Å². The second-order valence-electron chi connectivity index (χ2n) is 7.88. The summed E-state index contributed by atoms with van der Waals surface area (Å²) in [5.41, 5.74) is 7.98. The maximum Gasteiger partial charge on any atom is 0.426 e. The lowest BCUT2D eigenvalue weighted by molar-refractivity contribution is -0.143. The van der Waals surface area contributed by atoms with E-state index in [2.05, 4.69) is 15.7 Å². The number of rotatable bonds is 8. The Morgan fingerprint density at radius 1 is 1.19 bits per heavy atom. The van der Waals surface area contributed by atoms with Crippen LogP contribution in [0.5, 0.6) is 0 Å². The van der Waals surface area contributed by atoms with Crippen molar-refractivity contribution in [2.75, 3.05) is 13.7 Å². The molecule has 0 aliphatic carbocycles. The molecule has 10 nitrogen and oxygen atoms in total. The highest BCUT2D eigenvalue weighted by Crippen LogP contribution is 2.09. The molecule has 1 atom stereocenters. The standard InChI is InChI=1S/C21H33N5O5/c1-15(22)23-13-9-12-17(18(27)30-5)24-19(28)26(14-16-10-7-6-8-11-16)25-20(29)31-21(2,3)4/h6-8,10-11,17H,9,12-14H2,1-5H3,(H2,22,23)(H,24,28)(H,25,29)/t17-/m1/s1. The molecule has 0 saturated carbocycles. The molecule has 0 fully saturated rings. The van der Waals surface area contributed by atoms with Crippen molar-refractivity contribution in [2.45, 2.75) is 58.7 Å². The number of amidine groups is 1. The van der Waals surface area contributed by atoms with Gasteiger partial charge in [-0.25, -0.2) is 24.8 Å². The summed E-state index contributed by atoms with van der Waals surface area (Å²) >= 11 is 0. The maximum absolute atomic E-state index is 12.9. The van der Waals surface area contributed by atoms with Crippen molar-refractivity contribution in [3.8, 4) is 0 Å². The number of urea groups is 1. The number of aliphatic imine (C=N–C) groups is 1. The number of benzene rings is 1. The third kappa shape index (κ3) is 10.9. The molecule has 172 valence electrons. The maximum atomic E-state index is 12.9. The lowest BCUT2D eigenvalue weighted by Gasteiger charge is -2.28. The van der Waals surface area contributed by atoms with E-state index in [0.717, 1.165) is 10.6 Å². The number of hydrazine groups is 1. The molecular weight excluding hydrogens is 402 g/mol. The Morgan fingerprint density at radius 2 is 1.84 bits per heavy atom. The molecule has 0 bridgehead atoms. The Kier molecular flexibility index (Phi) is 10.3. The molecule has 1 aromatic rings. The molecule has 0 unspecified atom stereocenters. The number of methoxy groups -OCH3 is 1. The Hall–Kier alpha value is -3.30. The van der Waals surface area contributed by atoms with E-state index in [9.17, 15) is 14.4 Å². The largest absolute Gasteiger partial charge is 0.467 e. The Balaban J connectivity index is 2.91. The second-order valence-corrected chi connectivity index (χ2v) is 7.88. The van der Waals surface area contributed by atoms with Crippen molar-refractivity contribution in [1.29, 1.82) is 0 Å². The van der Waals surface area contributed by atoms with Crippen LogP contribution in [0.4, 0.5) is 9.59 Å². The fourth-order valence-electron chi connectivity index (χ4n) is 2.51. The quantitative estimate of drug-likeness (QED) is 0.189. The molecule has 1 aromatic carbocycles. The molecule has 0 aliphatic heterocycles. The number of nitrogens with zero attached hydrogens (tertiary/aromatic N) is 2. The summed E-state index contributed by atoms with van der Waals surface area (Å²) < 4.78 is 10.0. The summed E-state index contributed by atoms with van der Waals surface area (Å²) in [5.74, 6) is -0.159. The van der Waals surface area contributed by atoms with Crippen molar-refractivity contribution >= 4 is 23.9 Å². The number of nitrogens with two attached hydrogens (primary N) is 1. The number of carbonyl (C=O) groups excluding carboxylic acids is 3. The Labute approximate surface area is 183 Å². The zero-order valence-electron chi connectivity index (χ0n) is 18.8. The van der Waals surface area contributed by atoms with Gasteiger partial charge >= 0.3 is 18.1 Å². The van der Waals surface area contributed by atoms with Gasteiger partial charge in [0.2, 0.25) is 0 Å². The topological polar surface area (TPSA) is 135 Å². The number of esters is 1. The van der Waals surface area contributed by atoms with E-state index < -0.39 is 29.7 Å². The third-order valence-corrected chi connectivity index (χ3v) is 3.85. The number of amides is 3. The Bertz CT molecular complexity index is 757. The number of ether oxygens (including phenoxy) is 2. The van der Waals surface area contributed by atoms with Gasteiger partial charge in [-0.05, 0) is 46.1 Å². The molecule has 0 spiro atoms. The van der Waals surface area contributed by atoms with Crippen molar-refractivity contribution in [3.63, 3.8) is 0 Å². The van der Waals surface area contributed by atoms with Gasteiger partial charge in [-0.3, -0.25) is 4.99 Å². The summed E-state index contributed by atoms with van der Waals surface area (Å²) in [4.78, 5) is 41.4. The summed E-state index contributed by atoms with van der Waals surface area (Å²) in [7, 11) is 1.24. The van der Waals surface area contributed by atoms with Gasteiger partial charge in [-0.1, -0.05) is 30.3 Å². The fraction of sp³-hybridized carbons (Fsp3) is 0.524. The molecule has 1 rings (SSSR count). The van der Waals surface area contributed by atoms with Crippen LogP contribution in [0.1, 0.15) is 46.1 Å².